The van der Waals surface area contributed by atoms with Gasteiger partial charge in [0.2, 0.25) is 0 Å². The Morgan fingerprint density at radius 2 is 2.08 bits per heavy atom. The zero-order valence-corrected chi connectivity index (χ0v) is 8.84. The second kappa shape index (κ2) is 2.81. The van der Waals surface area contributed by atoms with Gasteiger partial charge in [-0.1, -0.05) is 20.8 Å². The number of carbonyl (C=O) groups is 1. The predicted octanol–water partition coefficient (Wildman–Crippen LogP) is 1.70. The molecular weight excluding hydrogens is 162 g/mol. The molecule has 0 aromatic carbocycles. The molecule has 2 nitrogen and oxygen atoms in total. The van der Waals surface area contributed by atoms with Crippen LogP contribution >= 0.6 is 0 Å². The van der Waals surface area contributed by atoms with E-state index in [1.807, 2.05) is 0 Å². The Kier molecular flexibility index (Phi) is 1.99. The second-order valence-electron chi connectivity index (χ2n) is 5.54. The van der Waals surface area contributed by atoms with Gasteiger partial charge in [0.25, 0.3) is 0 Å². The molecule has 0 aliphatic carbocycles. The summed E-state index contributed by atoms with van der Waals surface area (Å²) in [4.78, 5) is 13.9. The number of rotatable bonds is 0. The van der Waals surface area contributed by atoms with E-state index in [1.54, 1.807) is 0 Å². The molecule has 0 aromatic rings. The molecule has 3 aliphatic rings. The minimum atomic E-state index is 0.333. The topological polar surface area (TPSA) is 20.3 Å². The standard InChI is InChI=1S/C11H19NO/c1-11(2,3)10-6-8-4-5-12(10)7-9(8)13/h8,10H,4-7H2,1-3H3. The van der Waals surface area contributed by atoms with Crippen LogP contribution < -0.4 is 0 Å². The van der Waals surface area contributed by atoms with E-state index in [9.17, 15) is 4.79 Å². The van der Waals surface area contributed by atoms with Gasteiger partial charge in [0, 0.05) is 12.0 Å². The summed E-state index contributed by atoms with van der Waals surface area (Å²) in [6.07, 6.45) is 2.20. The van der Waals surface area contributed by atoms with Crippen LogP contribution in [0.1, 0.15) is 33.6 Å². The molecule has 13 heavy (non-hydrogen) atoms. The van der Waals surface area contributed by atoms with Gasteiger partial charge < -0.3 is 0 Å². The number of piperidine rings is 3. The molecule has 0 saturated carbocycles. The summed E-state index contributed by atoms with van der Waals surface area (Å²) in [7, 11) is 0. The molecule has 0 aromatic heterocycles. The Balaban J connectivity index is 2.15. The van der Waals surface area contributed by atoms with Crippen LogP contribution in [0.3, 0.4) is 0 Å². The van der Waals surface area contributed by atoms with Gasteiger partial charge in [0.05, 0.1) is 6.54 Å². The first kappa shape index (κ1) is 9.20. The number of fused-ring (bicyclic) bond motifs is 3. The summed E-state index contributed by atoms with van der Waals surface area (Å²) < 4.78 is 0. The molecule has 2 bridgehead atoms. The van der Waals surface area contributed by atoms with Gasteiger partial charge in [-0.15, -0.1) is 0 Å². The van der Waals surface area contributed by atoms with E-state index in [4.69, 9.17) is 0 Å². The monoisotopic (exact) mass is 181 g/mol. The van der Waals surface area contributed by atoms with Gasteiger partial charge in [-0.25, -0.2) is 0 Å². The van der Waals surface area contributed by atoms with E-state index >= 15 is 0 Å². The van der Waals surface area contributed by atoms with Crippen LogP contribution in [0.2, 0.25) is 0 Å². The lowest BCUT2D eigenvalue weighted by Gasteiger charge is -2.49. The van der Waals surface area contributed by atoms with E-state index in [-0.39, 0.29) is 0 Å². The molecule has 3 atom stereocenters. The van der Waals surface area contributed by atoms with Gasteiger partial charge in [-0.2, -0.15) is 0 Å². The quantitative estimate of drug-likeness (QED) is 0.567. The zero-order chi connectivity index (χ0) is 9.64. The molecular formula is C11H19NO. The molecule has 2 heteroatoms. The maximum atomic E-state index is 11.5. The molecule has 3 saturated heterocycles. The normalized spacial score (nSPS) is 39.6. The predicted molar refractivity (Wildman–Crippen MR) is 52.5 cm³/mol. The fourth-order valence-corrected chi connectivity index (χ4v) is 2.73. The van der Waals surface area contributed by atoms with Crippen molar-refractivity contribution in [1.29, 1.82) is 0 Å². The Hall–Kier alpha value is -0.370. The number of ketones is 1. The molecule has 3 aliphatic heterocycles. The lowest BCUT2D eigenvalue weighted by molar-refractivity contribution is -0.136. The maximum Gasteiger partial charge on any atom is 0.150 e. The zero-order valence-electron chi connectivity index (χ0n) is 8.84. The molecule has 74 valence electrons. The number of hydrogen-bond donors (Lipinski definition) is 0. The molecule has 3 rings (SSSR count). The number of carbonyl (C=O) groups excluding carboxylic acids is 1. The second-order valence-corrected chi connectivity index (χ2v) is 5.54. The Bertz CT molecular complexity index is 229. The van der Waals surface area contributed by atoms with Crippen molar-refractivity contribution in [2.45, 2.75) is 39.7 Å². The van der Waals surface area contributed by atoms with Crippen LogP contribution in [-0.4, -0.2) is 29.8 Å². The van der Waals surface area contributed by atoms with Crippen molar-refractivity contribution in [3.05, 3.63) is 0 Å². The SMILES string of the molecule is CC(C)(C)C1CC2CCN1CC2=O. The first-order chi connectivity index (χ1) is 5.98. The van der Waals surface area contributed by atoms with E-state index in [2.05, 4.69) is 25.7 Å². The third-order valence-corrected chi connectivity index (χ3v) is 3.53. The van der Waals surface area contributed by atoms with E-state index in [1.165, 1.54) is 0 Å². The van der Waals surface area contributed by atoms with Gasteiger partial charge in [-0.3, -0.25) is 9.69 Å². The summed E-state index contributed by atoms with van der Waals surface area (Å²) in [5.41, 5.74) is 0.333. The Morgan fingerprint density at radius 3 is 2.46 bits per heavy atom. The lowest BCUT2D eigenvalue weighted by Crippen LogP contribution is -2.57. The van der Waals surface area contributed by atoms with Gasteiger partial charge >= 0.3 is 0 Å². The number of Topliss-reactive ketones (excluding diaryl/α,β-unsaturated/α-hetero) is 1. The summed E-state index contributed by atoms with van der Waals surface area (Å²) >= 11 is 0. The van der Waals surface area contributed by atoms with Gasteiger partial charge in [0.15, 0.2) is 0 Å². The van der Waals surface area contributed by atoms with Crippen LogP contribution in [0, 0.1) is 11.3 Å². The van der Waals surface area contributed by atoms with Crippen molar-refractivity contribution in [2.75, 3.05) is 13.1 Å². The highest BCUT2D eigenvalue weighted by molar-refractivity contribution is 5.84. The van der Waals surface area contributed by atoms with Crippen LogP contribution in [0.15, 0.2) is 0 Å². The fourth-order valence-electron chi connectivity index (χ4n) is 2.73. The van der Waals surface area contributed by atoms with Crippen molar-refractivity contribution >= 4 is 5.78 Å². The molecule has 3 fully saturated rings. The molecule has 3 unspecified atom stereocenters. The van der Waals surface area contributed by atoms with Crippen molar-refractivity contribution in [1.82, 2.24) is 4.90 Å². The third-order valence-electron chi connectivity index (χ3n) is 3.53. The average Bonchev–Trinajstić information content (AvgIpc) is 2.03. The van der Waals surface area contributed by atoms with E-state index < -0.39 is 0 Å². The molecule has 0 spiro atoms. The minimum Gasteiger partial charge on any atom is -0.298 e. The Morgan fingerprint density at radius 1 is 1.38 bits per heavy atom. The number of nitrogens with zero attached hydrogens (tertiary/aromatic N) is 1. The first-order valence-corrected chi connectivity index (χ1v) is 5.25. The smallest absolute Gasteiger partial charge is 0.150 e. The van der Waals surface area contributed by atoms with Gasteiger partial charge in [-0.05, 0) is 24.8 Å². The van der Waals surface area contributed by atoms with Crippen LogP contribution in [0.5, 0.6) is 0 Å². The van der Waals surface area contributed by atoms with Gasteiger partial charge in [0.1, 0.15) is 5.78 Å². The van der Waals surface area contributed by atoms with E-state index in [0.717, 1.165) is 19.4 Å². The maximum absolute atomic E-state index is 11.5. The molecule has 0 radical (unpaired) electrons. The van der Waals surface area contributed by atoms with Crippen molar-refractivity contribution in [2.24, 2.45) is 11.3 Å². The molecule has 3 heterocycles. The van der Waals surface area contributed by atoms with Crippen molar-refractivity contribution in [3.8, 4) is 0 Å². The fraction of sp³-hybridized carbons (Fsp3) is 0.909. The van der Waals surface area contributed by atoms with Crippen LogP contribution in [0.25, 0.3) is 0 Å². The molecule has 0 N–H and O–H groups in total. The summed E-state index contributed by atoms with van der Waals surface area (Å²) in [6.45, 7) is 8.69. The van der Waals surface area contributed by atoms with E-state index in [0.29, 0.717) is 29.7 Å². The molecule has 0 amide bonds. The van der Waals surface area contributed by atoms with Crippen LogP contribution in [-0.2, 0) is 4.79 Å². The summed E-state index contributed by atoms with van der Waals surface area (Å²) in [5, 5.41) is 0. The highest BCUT2D eigenvalue weighted by atomic mass is 16.1. The number of hydrogen-bond acceptors (Lipinski definition) is 2. The third kappa shape index (κ3) is 1.52. The highest BCUT2D eigenvalue weighted by Gasteiger charge is 2.43. The summed E-state index contributed by atoms with van der Waals surface area (Å²) in [5.74, 6) is 0.862. The minimum absolute atomic E-state index is 0.333. The van der Waals surface area contributed by atoms with Crippen molar-refractivity contribution < 1.29 is 4.79 Å². The Labute approximate surface area is 80.3 Å². The first-order valence-electron chi connectivity index (χ1n) is 5.25. The average molecular weight is 181 g/mol. The summed E-state index contributed by atoms with van der Waals surface area (Å²) in [6, 6.07) is 0.629. The van der Waals surface area contributed by atoms with Crippen molar-refractivity contribution in [3.63, 3.8) is 0 Å². The van der Waals surface area contributed by atoms with Crippen LogP contribution in [0.4, 0.5) is 0 Å². The lowest BCUT2D eigenvalue weighted by atomic mass is 9.72. The highest BCUT2D eigenvalue weighted by Crippen LogP contribution is 2.38. The largest absolute Gasteiger partial charge is 0.298 e.